The molecule has 4 atom stereocenters. The van der Waals surface area contributed by atoms with E-state index >= 15 is 0 Å². The number of benzene rings is 2. The Morgan fingerprint density at radius 1 is 0.529 bits per heavy atom. The van der Waals surface area contributed by atoms with Crippen LogP contribution in [0.25, 0.3) is 11.1 Å². The summed E-state index contributed by atoms with van der Waals surface area (Å²) < 4.78 is 56.4. The smallest absolute Gasteiger partial charge is 0.207 e. The summed E-state index contributed by atoms with van der Waals surface area (Å²) in [7, 11) is -7.12. The van der Waals surface area contributed by atoms with Crippen LogP contribution in [0.4, 0.5) is 0 Å². The summed E-state index contributed by atoms with van der Waals surface area (Å²) in [6.07, 6.45) is 5.62. The molecule has 2 saturated heterocycles. The lowest BCUT2D eigenvalue weighted by Crippen LogP contribution is -2.47. The Kier molecular flexibility index (Phi) is 7.25. The maximum atomic E-state index is 13.3. The highest BCUT2D eigenvalue weighted by Crippen LogP contribution is 2.32. The van der Waals surface area contributed by atoms with Crippen molar-refractivity contribution in [3.63, 3.8) is 0 Å². The van der Waals surface area contributed by atoms with E-state index < -0.39 is 20.0 Å². The van der Waals surface area contributed by atoms with Gasteiger partial charge in [0.15, 0.2) is 0 Å². The Labute approximate surface area is 205 Å². The molecule has 2 aromatic rings. The van der Waals surface area contributed by atoms with Crippen LogP contribution in [0.1, 0.15) is 66.2 Å². The minimum atomic E-state index is -3.56. The highest BCUT2D eigenvalue weighted by molar-refractivity contribution is 7.89. The topological polar surface area (TPSA) is 74.8 Å². The minimum absolute atomic E-state index is 0.00624. The van der Waals surface area contributed by atoms with Gasteiger partial charge in [-0.2, -0.15) is 8.61 Å². The van der Waals surface area contributed by atoms with Crippen molar-refractivity contribution in [3.05, 3.63) is 48.5 Å². The monoisotopic (exact) mass is 504 g/mol. The van der Waals surface area contributed by atoms with Crippen LogP contribution in [0.15, 0.2) is 58.3 Å². The molecule has 6 nitrogen and oxygen atoms in total. The molecule has 0 amide bonds. The zero-order valence-corrected chi connectivity index (χ0v) is 22.1. The molecule has 2 aromatic carbocycles. The quantitative estimate of drug-likeness (QED) is 0.557. The Balaban J connectivity index is 1.56. The predicted octanol–water partition coefficient (Wildman–Crippen LogP) is 5.26. The van der Waals surface area contributed by atoms with Crippen molar-refractivity contribution < 1.29 is 16.8 Å². The number of rotatable bonds is 5. The van der Waals surface area contributed by atoms with E-state index in [-0.39, 0.29) is 24.2 Å². The number of sulfonamides is 2. The zero-order chi connectivity index (χ0) is 24.7. The van der Waals surface area contributed by atoms with Gasteiger partial charge in [-0.3, -0.25) is 0 Å². The van der Waals surface area contributed by atoms with Gasteiger partial charge in [0.2, 0.25) is 20.0 Å². The Hall–Kier alpha value is -1.74. The van der Waals surface area contributed by atoms with E-state index in [1.165, 1.54) is 0 Å². The SMILES string of the molecule is C[C@@H]1CCC[C@@H](C)N1S(=O)(=O)c1ccc(-c2ccc(S(=O)(=O)N3[C@H](C)CCC[C@@H]3C)cc2)cc1. The summed E-state index contributed by atoms with van der Waals surface area (Å²) in [6, 6.07) is 13.8. The second-order valence-electron chi connectivity index (χ2n) is 9.98. The molecule has 0 aromatic heterocycles. The van der Waals surface area contributed by atoms with E-state index in [9.17, 15) is 16.8 Å². The van der Waals surface area contributed by atoms with E-state index in [0.717, 1.165) is 49.7 Å². The highest BCUT2D eigenvalue weighted by Gasteiger charge is 2.36. The van der Waals surface area contributed by atoms with Crippen molar-refractivity contribution in [2.75, 3.05) is 0 Å². The van der Waals surface area contributed by atoms with Crippen molar-refractivity contribution >= 4 is 20.0 Å². The van der Waals surface area contributed by atoms with Crippen molar-refractivity contribution in [2.24, 2.45) is 0 Å². The molecule has 4 rings (SSSR count). The van der Waals surface area contributed by atoms with Crippen LogP contribution in [0.5, 0.6) is 0 Å². The van der Waals surface area contributed by atoms with Gasteiger partial charge in [0.05, 0.1) is 9.79 Å². The first-order valence-electron chi connectivity index (χ1n) is 12.3. The third-order valence-electron chi connectivity index (χ3n) is 7.42. The summed E-state index contributed by atoms with van der Waals surface area (Å²) in [4.78, 5) is 0.591. The average Bonchev–Trinajstić information content (AvgIpc) is 2.79. The van der Waals surface area contributed by atoms with Crippen LogP contribution < -0.4 is 0 Å². The predicted molar refractivity (Wildman–Crippen MR) is 135 cm³/mol. The van der Waals surface area contributed by atoms with Crippen molar-refractivity contribution in [3.8, 4) is 11.1 Å². The molecule has 0 saturated carbocycles. The standard InChI is InChI=1S/C26H36N2O4S2/c1-19-7-5-8-20(2)27(19)33(29,30)25-15-11-23(12-16-25)24-13-17-26(18-14-24)34(31,32)28-21(3)9-6-10-22(28)4/h11-22H,5-10H2,1-4H3/t19-,20-,21-,22+/m1/s1. The number of hydrogen-bond donors (Lipinski definition) is 0. The maximum Gasteiger partial charge on any atom is 0.243 e. The molecule has 186 valence electrons. The van der Waals surface area contributed by atoms with Crippen LogP contribution in [0.2, 0.25) is 0 Å². The molecule has 2 aliphatic heterocycles. The molecule has 34 heavy (non-hydrogen) atoms. The molecule has 0 spiro atoms. The zero-order valence-electron chi connectivity index (χ0n) is 20.5. The van der Waals surface area contributed by atoms with Gasteiger partial charge in [0.25, 0.3) is 0 Å². The van der Waals surface area contributed by atoms with Crippen LogP contribution >= 0.6 is 0 Å². The third kappa shape index (κ3) is 4.70. The first-order chi connectivity index (χ1) is 16.0. The van der Waals surface area contributed by atoms with Gasteiger partial charge < -0.3 is 0 Å². The lowest BCUT2D eigenvalue weighted by atomic mass is 10.0. The summed E-state index contributed by atoms with van der Waals surface area (Å²) in [5.41, 5.74) is 1.70. The maximum absolute atomic E-state index is 13.3. The van der Waals surface area contributed by atoms with Gasteiger partial charge in [-0.15, -0.1) is 0 Å². The van der Waals surface area contributed by atoms with Gasteiger partial charge in [0, 0.05) is 24.2 Å². The summed E-state index contributed by atoms with van der Waals surface area (Å²) in [6.45, 7) is 7.90. The first kappa shape index (κ1) is 25.4. The fourth-order valence-electron chi connectivity index (χ4n) is 5.62. The van der Waals surface area contributed by atoms with Gasteiger partial charge in [-0.25, -0.2) is 16.8 Å². The summed E-state index contributed by atoms with van der Waals surface area (Å²) >= 11 is 0. The number of hydrogen-bond acceptors (Lipinski definition) is 4. The van der Waals surface area contributed by atoms with E-state index in [4.69, 9.17) is 0 Å². The third-order valence-corrected chi connectivity index (χ3v) is 11.7. The molecule has 2 fully saturated rings. The Bertz CT molecular complexity index is 1090. The van der Waals surface area contributed by atoms with Crippen molar-refractivity contribution in [2.45, 2.75) is 100 Å². The second kappa shape index (κ2) is 9.72. The molecule has 8 heteroatoms. The van der Waals surface area contributed by atoms with E-state index in [2.05, 4.69) is 0 Å². The average molecular weight is 505 g/mol. The first-order valence-corrected chi connectivity index (χ1v) is 15.2. The molecular weight excluding hydrogens is 468 g/mol. The van der Waals surface area contributed by atoms with Gasteiger partial charge in [-0.05, 0) is 88.8 Å². The van der Waals surface area contributed by atoms with E-state index in [1.807, 2.05) is 27.7 Å². The lowest BCUT2D eigenvalue weighted by molar-refractivity contribution is 0.204. The van der Waals surface area contributed by atoms with E-state index in [1.54, 1.807) is 57.1 Å². The number of piperidine rings is 2. The van der Waals surface area contributed by atoms with Gasteiger partial charge in [0.1, 0.15) is 0 Å². The second-order valence-corrected chi connectivity index (χ2v) is 13.7. The van der Waals surface area contributed by atoms with Crippen LogP contribution in [-0.4, -0.2) is 49.6 Å². The molecule has 0 aliphatic carbocycles. The Morgan fingerprint density at radius 3 is 1.06 bits per heavy atom. The molecule has 0 radical (unpaired) electrons. The lowest BCUT2D eigenvalue weighted by Gasteiger charge is -2.37. The Morgan fingerprint density at radius 2 is 0.794 bits per heavy atom. The van der Waals surface area contributed by atoms with Crippen molar-refractivity contribution in [1.82, 2.24) is 8.61 Å². The number of nitrogens with zero attached hydrogens (tertiary/aromatic N) is 2. The molecule has 2 heterocycles. The molecule has 2 aliphatic rings. The van der Waals surface area contributed by atoms with E-state index in [0.29, 0.717) is 9.79 Å². The largest absolute Gasteiger partial charge is 0.243 e. The molecular formula is C26H36N2O4S2. The highest BCUT2D eigenvalue weighted by atomic mass is 32.2. The normalized spacial score (nSPS) is 27.5. The van der Waals surface area contributed by atoms with Gasteiger partial charge in [-0.1, -0.05) is 37.1 Å². The van der Waals surface area contributed by atoms with Crippen molar-refractivity contribution in [1.29, 1.82) is 0 Å². The summed E-state index contributed by atoms with van der Waals surface area (Å²) in [5.74, 6) is 0. The van der Waals surface area contributed by atoms with Crippen LogP contribution in [-0.2, 0) is 20.0 Å². The molecule has 0 N–H and O–H groups in total. The minimum Gasteiger partial charge on any atom is -0.207 e. The summed E-state index contributed by atoms with van der Waals surface area (Å²) in [5, 5.41) is 0. The van der Waals surface area contributed by atoms with Gasteiger partial charge >= 0.3 is 0 Å². The van der Waals surface area contributed by atoms with Crippen LogP contribution in [0.3, 0.4) is 0 Å². The fourth-order valence-corrected chi connectivity index (χ4v) is 9.39. The molecule has 0 bridgehead atoms. The van der Waals surface area contributed by atoms with Crippen LogP contribution in [0, 0.1) is 0 Å². The fraction of sp³-hybridized carbons (Fsp3) is 0.538. The molecule has 0 unspecified atom stereocenters.